The van der Waals surface area contributed by atoms with Crippen LogP contribution in [0.2, 0.25) is 5.02 Å². The van der Waals surface area contributed by atoms with Crippen LogP contribution in [0.15, 0.2) is 22.7 Å². The molecule has 2 heterocycles. The number of rotatable bonds is 3. The lowest BCUT2D eigenvalue weighted by molar-refractivity contribution is 0.0624. The van der Waals surface area contributed by atoms with Gasteiger partial charge in [0.1, 0.15) is 11.5 Å². The second-order valence-electron chi connectivity index (χ2n) is 6.03. The summed E-state index contributed by atoms with van der Waals surface area (Å²) in [6, 6.07) is 4.52. The van der Waals surface area contributed by atoms with Gasteiger partial charge in [-0.3, -0.25) is 9.69 Å². The molecule has 128 valence electrons. The van der Waals surface area contributed by atoms with Crippen molar-refractivity contribution >= 4 is 17.5 Å². The number of halogens is 1. The first-order valence-corrected chi connectivity index (χ1v) is 8.25. The van der Waals surface area contributed by atoms with E-state index < -0.39 is 0 Å². The number of aromatic hydroxyl groups is 1. The number of aryl methyl sites for hydroxylation is 2. The molecule has 0 radical (unpaired) electrons. The van der Waals surface area contributed by atoms with Crippen molar-refractivity contribution < 1.29 is 14.4 Å². The first kappa shape index (κ1) is 16.8. The van der Waals surface area contributed by atoms with E-state index in [9.17, 15) is 9.90 Å². The molecule has 3 rings (SSSR count). The summed E-state index contributed by atoms with van der Waals surface area (Å²) in [4.78, 5) is 16.6. The van der Waals surface area contributed by atoms with E-state index in [2.05, 4.69) is 10.1 Å². The molecule has 24 heavy (non-hydrogen) atoms. The van der Waals surface area contributed by atoms with Crippen molar-refractivity contribution in [3.8, 4) is 5.75 Å². The average molecular weight is 350 g/mol. The normalized spacial score (nSPS) is 15.7. The molecule has 1 fully saturated rings. The van der Waals surface area contributed by atoms with Crippen LogP contribution >= 0.6 is 11.6 Å². The standard InChI is InChI=1S/C17H20ClN3O3/c1-11-15(12(2)24-19-11)10-20-5-7-21(8-6-20)17(23)14-9-13(18)3-4-16(14)22/h3-4,9,22H,5-8,10H2,1-2H3. The van der Waals surface area contributed by atoms with Crippen molar-refractivity contribution in [3.63, 3.8) is 0 Å². The summed E-state index contributed by atoms with van der Waals surface area (Å²) in [6.07, 6.45) is 0. The minimum absolute atomic E-state index is 0.0393. The SMILES string of the molecule is Cc1noc(C)c1CN1CCN(C(=O)c2cc(Cl)ccc2O)CC1. The molecule has 1 N–H and O–H groups in total. The molecule has 1 aromatic carbocycles. The van der Waals surface area contributed by atoms with Crippen LogP contribution in [0, 0.1) is 13.8 Å². The predicted molar refractivity (Wildman–Crippen MR) is 90.3 cm³/mol. The van der Waals surface area contributed by atoms with Crippen LogP contribution in [0.1, 0.15) is 27.4 Å². The Morgan fingerprint density at radius 2 is 2.00 bits per heavy atom. The van der Waals surface area contributed by atoms with Crippen LogP contribution in [0.25, 0.3) is 0 Å². The molecule has 6 nitrogen and oxygen atoms in total. The molecule has 1 aromatic heterocycles. The fourth-order valence-corrected chi connectivity index (χ4v) is 3.08. The van der Waals surface area contributed by atoms with E-state index in [1.807, 2.05) is 13.8 Å². The Kier molecular flexibility index (Phi) is 4.78. The number of carbonyl (C=O) groups excluding carboxylic acids is 1. The molecule has 0 spiro atoms. The zero-order chi connectivity index (χ0) is 17.3. The molecule has 0 saturated carbocycles. The Morgan fingerprint density at radius 1 is 1.29 bits per heavy atom. The number of carbonyl (C=O) groups is 1. The Labute approximate surface area is 145 Å². The maximum absolute atomic E-state index is 12.6. The number of phenols is 1. The van der Waals surface area contributed by atoms with Crippen LogP contribution < -0.4 is 0 Å². The summed E-state index contributed by atoms with van der Waals surface area (Å²) in [6.45, 7) is 7.35. The maximum atomic E-state index is 12.6. The quantitative estimate of drug-likeness (QED) is 0.922. The highest BCUT2D eigenvalue weighted by Gasteiger charge is 2.25. The predicted octanol–water partition coefficient (Wildman–Crippen LogP) is 2.61. The van der Waals surface area contributed by atoms with E-state index in [-0.39, 0.29) is 17.2 Å². The number of hydrogen-bond acceptors (Lipinski definition) is 5. The number of piperazine rings is 1. The number of benzene rings is 1. The Bertz CT molecular complexity index is 732. The Hall–Kier alpha value is -2.05. The summed E-state index contributed by atoms with van der Waals surface area (Å²) in [7, 11) is 0. The highest BCUT2D eigenvalue weighted by atomic mass is 35.5. The van der Waals surface area contributed by atoms with Crippen molar-refractivity contribution in [3.05, 3.63) is 45.8 Å². The number of phenolic OH excluding ortho intramolecular Hbond substituents is 1. The van der Waals surface area contributed by atoms with Gasteiger partial charge >= 0.3 is 0 Å². The molecule has 0 aliphatic carbocycles. The molecule has 0 bridgehead atoms. The van der Waals surface area contributed by atoms with Gasteiger partial charge in [0, 0.05) is 43.3 Å². The minimum atomic E-state index is -0.188. The number of aromatic nitrogens is 1. The lowest BCUT2D eigenvalue weighted by atomic mass is 10.1. The molecule has 1 aliphatic rings. The summed E-state index contributed by atoms with van der Waals surface area (Å²) in [5, 5.41) is 14.3. The van der Waals surface area contributed by atoms with Crippen LogP contribution in [0.5, 0.6) is 5.75 Å². The molecular formula is C17H20ClN3O3. The van der Waals surface area contributed by atoms with E-state index in [0.717, 1.165) is 36.7 Å². The van der Waals surface area contributed by atoms with E-state index in [4.69, 9.17) is 16.1 Å². The molecule has 7 heteroatoms. The van der Waals surface area contributed by atoms with Crippen LogP contribution in [0.3, 0.4) is 0 Å². The van der Waals surface area contributed by atoms with Crippen molar-refractivity contribution in [1.82, 2.24) is 15.0 Å². The van der Waals surface area contributed by atoms with Crippen LogP contribution in [-0.2, 0) is 6.54 Å². The monoisotopic (exact) mass is 349 g/mol. The number of hydrogen-bond donors (Lipinski definition) is 1. The van der Waals surface area contributed by atoms with E-state index in [1.54, 1.807) is 11.0 Å². The van der Waals surface area contributed by atoms with Gasteiger partial charge < -0.3 is 14.5 Å². The van der Waals surface area contributed by atoms with E-state index >= 15 is 0 Å². The highest BCUT2D eigenvalue weighted by Crippen LogP contribution is 2.24. The molecule has 1 amide bonds. The molecule has 0 unspecified atom stereocenters. The van der Waals surface area contributed by atoms with Gasteiger partial charge in [0.25, 0.3) is 5.91 Å². The van der Waals surface area contributed by atoms with Gasteiger partial charge in [-0.15, -0.1) is 0 Å². The smallest absolute Gasteiger partial charge is 0.257 e. The van der Waals surface area contributed by atoms with Crippen molar-refractivity contribution in [2.75, 3.05) is 26.2 Å². The molecular weight excluding hydrogens is 330 g/mol. The second kappa shape index (κ2) is 6.83. The molecule has 1 aliphatic heterocycles. The van der Waals surface area contributed by atoms with Crippen LogP contribution in [0.4, 0.5) is 0 Å². The first-order valence-electron chi connectivity index (χ1n) is 7.87. The minimum Gasteiger partial charge on any atom is -0.507 e. The fourth-order valence-electron chi connectivity index (χ4n) is 2.91. The summed E-state index contributed by atoms with van der Waals surface area (Å²) in [5.74, 6) is 0.615. The van der Waals surface area contributed by atoms with Gasteiger partial charge in [0.2, 0.25) is 0 Å². The highest BCUT2D eigenvalue weighted by molar-refractivity contribution is 6.31. The van der Waals surface area contributed by atoms with Crippen LogP contribution in [-0.4, -0.2) is 52.1 Å². The van der Waals surface area contributed by atoms with E-state index in [0.29, 0.717) is 18.1 Å². The average Bonchev–Trinajstić information content (AvgIpc) is 2.89. The number of nitrogens with zero attached hydrogens (tertiary/aromatic N) is 3. The van der Waals surface area contributed by atoms with Crippen molar-refractivity contribution in [2.45, 2.75) is 20.4 Å². The molecule has 1 saturated heterocycles. The van der Waals surface area contributed by atoms with Crippen molar-refractivity contribution in [2.24, 2.45) is 0 Å². The Balaban J connectivity index is 1.62. The largest absolute Gasteiger partial charge is 0.507 e. The Morgan fingerprint density at radius 3 is 2.62 bits per heavy atom. The van der Waals surface area contributed by atoms with Gasteiger partial charge in [-0.25, -0.2) is 0 Å². The number of amides is 1. The van der Waals surface area contributed by atoms with Gasteiger partial charge in [-0.05, 0) is 32.0 Å². The third kappa shape index (κ3) is 3.39. The first-order chi connectivity index (χ1) is 11.5. The maximum Gasteiger partial charge on any atom is 0.257 e. The summed E-state index contributed by atoms with van der Waals surface area (Å²) >= 11 is 5.93. The van der Waals surface area contributed by atoms with Gasteiger partial charge in [0.05, 0.1) is 11.3 Å². The van der Waals surface area contributed by atoms with Gasteiger partial charge in [-0.1, -0.05) is 16.8 Å². The van der Waals surface area contributed by atoms with Gasteiger partial charge in [0.15, 0.2) is 0 Å². The fraction of sp³-hybridized carbons (Fsp3) is 0.412. The lowest BCUT2D eigenvalue weighted by Gasteiger charge is -2.34. The third-order valence-corrected chi connectivity index (χ3v) is 4.65. The zero-order valence-electron chi connectivity index (χ0n) is 13.8. The van der Waals surface area contributed by atoms with Crippen molar-refractivity contribution in [1.29, 1.82) is 0 Å². The second-order valence-corrected chi connectivity index (χ2v) is 6.47. The lowest BCUT2D eigenvalue weighted by Crippen LogP contribution is -2.48. The molecule has 0 atom stereocenters. The third-order valence-electron chi connectivity index (χ3n) is 4.41. The van der Waals surface area contributed by atoms with E-state index in [1.165, 1.54) is 12.1 Å². The molecule has 2 aromatic rings. The van der Waals surface area contributed by atoms with Gasteiger partial charge in [-0.2, -0.15) is 0 Å². The summed E-state index contributed by atoms with van der Waals surface area (Å²) in [5.41, 5.74) is 2.28. The summed E-state index contributed by atoms with van der Waals surface area (Å²) < 4.78 is 5.20. The zero-order valence-corrected chi connectivity index (χ0v) is 14.5. The topological polar surface area (TPSA) is 69.8 Å².